The highest BCUT2D eigenvalue weighted by atomic mass is 35.5. The van der Waals surface area contributed by atoms with Crippen LogP contribution in [0.3, 0.4) is 0 Å². The summed E-state index contributed by atoms with van der Waals surface area (Å²) in [6, 6.07) is 18.1. The van der Waals surface area contributed by atoms with Crippen molar-refractivity contribution in [3.8, 4) is 18.2 Å². The molecule has 0 aromatic heterocycles. The fourth-order valence-corrected chi connectivity index (χ4v) is 5.06. The van der Waals surface area contributed by atoms with Crippen molar-refractivity contribution in [2.45, 2.75) is 25.7 Å². The summed E-state index contributed by atoms with van der Waals surface area (Å²) in [6.45, 7) is 3.58. The van der Waals surface area contributed by atoms with E-state index >= 15 is 0 Å². The van der Waals surface area contributed by atoms with Gasteiger partial charge in [0.15, 0.2) is 5.41 Å². The zero-order chi connectivity index (χ0) is 22.6. The lowest BCUT2D eigenvalue weighted by molar-refractivity contribution is -0.288. The summed E-state index contributed by atoms with van der Waals surface area (Å²) in [7, 11) is 0. The van der Waals surface area contributed by atoms with Gasteiger partial charge in [-0.15, -0.1) is 0 Å². The van der Waals surface area contributed by atoms with Crippen LogP contribution in [0.4, 0.5) is 0 Å². The van der Waals surface area contributed by atoms with Gasteiger partial charge in [0.1, 0.15) is 6.10 Å². The number of hydrogen-bond acceptors (Lipinski definition) is 6. The average Bonchev–Trinajstić information content (AvgIpc) is 2.93. The molecule has 2 aromatic carbocycles. The molecule has 154 valence electrons. The highest BCUT2D eigenvalue weighted by Gasteiger charge is 2.79. The molecule has 2 aliphatic rings. The van der Waals surface area contributed by atoms with Crippen molar-refractivity contribution in [3.63, 3.8) is 0 Å². The van der Waals surface area contributed by atoms with Crippen LogP contribution in [-0.2, 0) is 15.3 Å². The summed E-state index contributed by atoms with van der Waals surface area (Å²) in [6.07, 6.45) is -1.30. The quantitative estimate of drug-likeness (QED) is 0.656. The van der Waals surface area contributed by atoms with Crippen molar-refractivity contribution >= 4 is 29.1 Å². The van der Waals surface area contributed by atoms with Gasteiger partial charge in [-0.25, -0.2) is 0 Å². The number of halogens is 2. The van der Waals surface area contributed by atoms with Gasteiger partial charge >= 0.3 is 0 Å². The predicted molar refractivity (Wildman–Crippen MR) is 113 cm³/mol. The Hall–Kier alpha value is -3.08. The van der Waals surface area contributed by atoms with E-state index in [-0.39, 0.29) is 15.6 Å². The van der Waals surface area contributed by atoms with Crippen molar-refractivity contribution in [1.82, 2.24) is 0 Å². The average molecular weight is 451 g/mol. The third kappa shape index (κ3) is 2.43. The molecule has 0 aliphatic carbocycles. The van der Waals surface area contributed by atoms with Gasteiger partial charge < -0.3 is 9.47 Å². The molecule has 0 saturated carbocycles. The molecule has 2 fully saturated rings. The van der Waals surface area contributed by atoms with E-state index in [1.165, 1.54) is 0 Å². The minimum absolute atomic E-state index is 0.108. The van der Waals surface area contributed by atoms with E-state index in [4.69, 9.17) is 38.1 Å². The van der Waals surface area contributed by atoms with Crippen molar-refractivity contribution < 1.29 is 9.47 Å². The second kappa shape index (κ2) is 6.98. The number of rotatable bonds is 2. The first-order chi connectivity index (χ1) is 14.7. The fourth-order valence-electron chi connectivity index (χ4n) is 4.66. The lowest BCUT2D eigenvalue weighted by atomic mass is 9.53. The maximum atomic E-state index is 10.3. The van der Waals surface area contributed by atoms with Gasteiger partial charge in [-0.2, -0.15) is 15.8 Å². The van der Waals surface area contributed by atoms with Gasteiger partial charge in [0, 0.05) is 11.1 Å². The minimum atomic E-state index is -2.10. The van der Waals surface area contributed by atoms with Gasteiger partial charge in [-0.05, 0) is 13.0 Å². The van der Waals surface area contributed by atoms with Gasteiger partial charge in [-0.3, -0.25) is 5.41 Å². The number of nitrogens with one attached hydrogen (secondary N) is 1. The number of benzene rings is 2. The number of nitriles is 3. The Morgan fingerprint density at radius 2 is 1.65 bits per heavy atom. The maximum Gasteiger partial charge on any atom is 0.244 e. The van der Waals surface area contributed by atoms with E-state index in [0.29, 0.717) is 5.56 Å². The second-order valence-electron chi connectivity index (χ2n) is 7.78. The zero-order valence-electron chi connectivity index (χ0n) is 16.6. The molecular weight excluding hydrogens is 435 g/mol. The third-order valence-corrected chi connectivity index (χ3v) is 7.22. The monoisotopic (exact) mass is 450 g/mol. The number of aryl methyl sites for hydroxylation is 1. The summed E-state index contributed by atoms with van der Waals surface area (Å²) in [5, 5.41) is 39.7. The maximum absolute atomic E-state index is 10.3. The number of nitrogens with zero attached hydrogens (tertiary/aromatic N) is 3. The van der Waals surface area contributed by atoms with E-state index in [9.17, 15) is 15.8 Å². The number of ether oxygens (including phenoxy) is 2. The zero-order valence-corrected chi connectivity index (χ0v) is 18.1. The molecule has 2 aliphatic heterocycles. The molecule has 0 radical (unpaired) electrons. The Morgan fingerprint density at radius 3 is 2.23 bits per heavy atom. The van der Waals surface area contributed by atoms with Crippen LogP contribution in [0.5, 0.6) is 0 Å². The van der Waals surface area contributed by atoms with Gasteiger partial charge in [0.05, 0.1) is 34.2 Å². The molecule has 6 nitrogen and oxygen atoms in total. The highest BCUT2D eigenvalue weighted by Crippen LogP contribution is 2.69. The smallest absolute Gasteiger partial charge is 0.244 e. The fraction of sp³-hybridized carbons (Fsp3) is 0.304. The van der Waals surface area contributed by atoms with Crippen LogP contribution in [0.15, 0.2) is 42.5 Å². The Morgan fingerprint density at radius 1 is 1.00 bits per heavy atom. The van der Waals surface area contributed by atoms with Gasteiger partial charge in [0.25, 0.3) is 0 Å². The first-order valence-electron chi connectivity index (χ1n) is 9.44. The minimum Gasteiger partial charge on any atom is -0.443 e. The molecule has 2 heterocycles. The Bertz CT molecular complexity index is 1210. The molecule has 8 heteroatoms. The SMILES string of the molecule is Cc1ccc(C23OC(=N)C(C#N)(C2C)C(C#N)(C#N)C(c2cccc(Cl)c2Cl)O3)cc1. The molecule has 2 saturated heterocycles. The summed E-state index contributed by atoms with van der Waals surface area (Å²) < 4.78 is 12.4. The van der Waals surface area contributed by atoms with Crippen molar-refractivity contribution in [2.24, 2.45) is 16.7 Å². The lowest BCUT2D eigenvalue weighted by Crippen LogP contribution is -2.57. The molecule has 4 atom stereocenters. The molecule has 0 amide bonds. The summed E-state index contributed by atoms with van der Waals surface area (Å²) >= 11 is 12.7. The molecule has 2 bridgehead atoms. The van der Waals surface area contributed by atoms with Crippen LogP contribution in [-0.4, -0.2) is 5.90 Å². The highest BCUT2D eigenvalue weighted by molar-refractivity contribution is 6.42. The van der Waals surface area contributed by atoms with Gasteiger partial charge in [0.2, 0.25) is 17.1 Å². The first-order valence-corrected chi connectivity index (χ1v) is 10.2. The topological polar surface area (TPSA) is 114 Å². The second-order valence-corrected chi connectivity index (χ2v) is 8.56. The molecular formula is C23H16Cl2N4O2. The number of hydrogen-bond donors (Lipinski definition) is 1. The molecule has 4 rings (SSSR count). The normalized spacial score (nSPS) is 30.5. The first kappa shape index (κ1) is 21.2. The van der Waals surface area contributed by atoms with Crippen LogP contribution in [0.1, 0.15) is 29.7 Å². The summed E-state index contributed by atoms with van der Waals surface area (Å²) in [5.41, 5.74) is -2.15. The lowest BCUT2D eigenvalue weighted by Gasteiger charge is -2.49. The number of fused-ring (bicyclic) bond motifs is 2. The van der Waals surface area contributed by atoms with E-state index in [1.807, 2.05) is 31.2 Å². The Balaban J connectivity index is 2.07. The van der Waals surface area contributed by atoms with E-state index in [2.05, 4.69) is 6.07 Å². The van der Waals surface area contributed by atoms with Crippen LogP contribution in [0.25, 0.3) is 0 Å². The van der Waals surface area contributed by atoms with Crippen LogP contribution in [0.2, 0.25) is 10.0 Å². The van der Waals surface area contributed by atoms with Crippen LogP contribution < -0.4 is 0 Å². The predicted octanol–water partition coefficient (Wildman–Crippen LogP) is 5.41. The largest absolute Gasteiger partial charge is 0.443 e. The van der Waals surface area contributed by atoms with Gasteiger partial charge in [-0.1, -0.05) is 72.1 Å². The van der Waals surface area contributed by atoms with Crippen LogP contribution >= 0.6 is 23.2 Å². The van der Waals surface area contributed by atoms with Crippen molar-refractivity contribution in [3.05, 3.63) is 69.2 Å². The van der Waals surface area contributed by atoms with E-state index in [1.54, 1.807) is 37.3 Å². The third-order valence-electron chi connectivity index (χ3n) is 6.39. The van der Waals surface area contributed by atoms with E-state index in [0.717, 1.165) is 5.56 Å². The molecule has 2 aromatic rings. The van der Waals surface area contributed by atoms with E-state index < -0.39 is 34.5 Å². The molecule has 4 unspecified atom stereocenters. The van der Waals surface area contributed by atoms with Crippen LogP contribution in [0, 0.1) is 63.1 Å². The molecule has 1 N–H and O–H groups in total. The Kier molecular flexibility index (Phi) is 4.76. The molecule has 31 heavy (non-hydrogen) atoms. The summed E-state index contributed by atoms with van der Waals surface area (Å²) in [5.74, 6) is -2.88. The standard InChI is InChI=1S/C23H16Cl2N4O2/c1-13-6-8-15(9-7-13)23-14(2)22(12-28,20(29)31-23)21(10-26,11-27)19(30-23)16-4-3-5-17(24)18(16)25/h3-9,14,19,29H,1-2H3. The Labute approximate surface area is 189 Å². The van der Waals surface area contributed by atoms with Crippen molar-refractivity contribution in [2.75, 3.05) is 0 Å². The molecule has 0 spiro atoms. The van der Waals surface area contributed by atoms with Crippen molar-refractivity contribution in [1.29, 1.82) is 21.2 Å². The summed E-state index contributed by atoms with van der Waals surface area (Å²) in [4.78, 5) is 0.